The Morgan fingerprint density at radius 1 is 0.964 bits per heavy atom. The first-order chi connectivity index (χ1) is 25.8. The lowest BCUT2D eigenvalue weighted by Crippen LogP contribution is -2.62. The monoisotopic (exact) mass is 778 g/mol. The number of likely N-dealkylation sites (tertiary alicyclic amines) is 1. The molecule has 2 heterocycles. The van der Waals surface area contributed by atoms with Gasteiger partial charge in [-0.3, -0.25) is 33.7 Å². The van der Waals surface area contributed by atoms with Crippen LogP contribution in [0.3, 0.4) is 0 Å². The third kappa shape index (κ3) is 6.57. The molecule has 0 radical (unpaired) electrons. The SMILES string of the molecule is C=C[C@@H]1C[C@]1(NC(=O)[C@@H]1C[C@@]2(CN1C(=O)[C@@H](NC(=O)[C@@H](NC(=O)c1cccnc1)C1CCCCC1)C(C)(C)C)C(C)(C)C21CCC1)C(=O)NS(=O)(=O)C1CC1. The summed E-state index contributed by atoms with van der Waals surface area (Å²) in [6.45, 7) is 14.2. The first-order valence-electron chi connectivity index (χ1n) is 20.2. The summed E-state index contributed by atoms with van der Waals surface area (Å²) < 4.78 is 27.8. The molecule has 7 rings (SSSR count). The Balaban J connectivity index is 1.16. The maximum atomic E-state index is 15.1. The second-order valence-corrected chi connectivity index (χ2v) is 20.9. The molecule has 1 aliphatic heterocycles. The summed E-state index contributed by atoms with van der Waals surface area (Å²) in [5.41, 5.74) is -2.45. The van der Waals surface area contributed by atoms with E-state index in [2.05, 4.69) is 46.1 Å². The quantitative estimate of drug-likeness (QED) is 0.231. The molecule has 4 N–H and O–H groups in total. The molecule has 2 spiro atoms. The number of aromatic nitrogens is 1. The summed E-state index contributed by atoms with van der Waals surface area (Å²) in [6.07, 6.45) is 13.6. The number of rotatable bonds is 12. The molecule has 5 amide bonds. The van der Waals surface area contributed by atoms with Crippen LogP contribution >= 0.6 is 0 Å². The number of sulfonamides is 1. The summed E-state index contributed by atoms with van der Waals surface area (Å²) in [5.74, 6) is -3.16. The van der Waals surface area contributed by atoms with Gasteiger partial charge in [0.15, 0.2) is 0 Å². The molecule has 0 unspecified atom stereocenters. The zero-order valence-corrected chi connectivity index (χ0v) is 33.7. The standard InChI is InChI=1S/C41H58N6O7S/c1-7-27-21-41(27,36(52)46-55(53,54)28-16-17-28)45-33(49)29-22-40(38(5,6)39(40)18-12-19-39)24-47(29)35(51)31(37(2,3)4)44-34(50)30(25-13-9-8-10-14-25)43-32(48)26-15-11-20-42-23-26/h7,11,15,20,23,25,27-31H,1,8-10,12-14,16-19,21-22,24H2,2-6H3,(H,43,48)(H,44,50)(H,45,49)(H,46,52)/t27-,29+,30+,31-,40-,41-/m1/s1. The van der Waals surface area contributed by atoms with Gasteiger partial charge < -0.3 is 20.9 Å². The molecular weight excluding hydrogens is 721 g/mol. The average Bonchev–Trinajstić information content (AvgIpc) is 4.07. The van der Waals surface area contributed by atoms with Crippen LogP contribution in [0.25, 0.3) is 0 Å². The molecule has 0 aromatic carbocycles. The van der Waals surface area contributed by atoms with Crippen molar-refractivity contribution in [2.24, 2.45) is 33.5 Å². The Hall–Kier alpha value is -3.81. The highest BCUT2D eigenvalue weighted by Gasteiger charge is 2.85. The van der Waals surface area contributed by atoms with Crippen LogP contribution in [0.2, 0.25) is 0 Å². The largest absolute Gasteiger partial charge is 0.342 e. The zero-order valence-electron chi connectivity index (χ0n) is 32.9. The van der Waals surface area contributed by atoms with Gasteiger partial charge in [0.05, 0.1) is 10.8 Å². The van der Waals surface area contributed by atoms with Crippen molar-refractivity contribution in [3.8, 4) is 0 Å². The molecule has 6 aliphatic rings. The Labute approximate surface area is 325 Å². The molecule has 1 aromatic rings. The Morgan fingerprint density at radius 2 is 1.65 bits per heavy atom. The van der Waals surface area contributed by atoms with Crippen LogP contribution in [-0.4, -0.2) is 83.3 Å². The van der Waals surface area contributed by atoms with E-state index in [4.69, 9.17) is 0 Å². The molecule has 55 heavy (non-hydrogen) atoms. The van der Waals surface area contributed by atoms with Gasteiger partial charge >= 0.3 is 0 Å². The third-order valence-electron chi connectivity index (χ3n) is 14.7. The molecule has 1 aromatic heterocycles. The van der Waals surface area contributed by atoms with Crippen molar-refractivity contribution < 1.29 is 32.4 Å². The molecule has 1 saturated heterocycles. The second-order valence-electron chi connectivity index (χ2n) is 18.9. The lowest BCUT2D eigenvalue weighted by molar-refractivity contribution is -0.145. The summed E-state index contributed by atoms with van der Waals surface area (Å²) in [4.78, 5) is 76.8. The number of fused-ring (bicyclic) bond motifs is 1. The van der Waals surface area contributed by atoms with Crippen molar-refractivity contribution in [3.63, 3.8) is 0 Å². The second kappa shape index (κ2) is 13.7. The van der Waals surface area contributed by atoms with E-state index in [0.29, 0.717) is 31.4 Å². The number of pyridine rings is 1. The number of hydrogen-bond acceptors (Lipinski definition) is 8. The van der Waals surface area contributed by atoms with E-state index in [9.17, 15) is 27.6 Å². The van der Waals surface area contributed by atoms with Gasteiger partial charge in [-0.15, -0.1) is 6.58 Å². The molecule has 14 heteroatoms. The topological polar surface area (TPSA) is 184 Å². The Bertz CT molecular complexity index is 1860. The van der Waals surface area contributed by atoms with Gasteiger partial charge in [-0.1, -0.05) is 66.4 Å². The molecule has 300 valence electrons. The van der Waals surface area contributed by atoms with Crippen molar-refractivity contribution in [2.75, 3.05) is 6.54 Å². The van der Waals surface area contributed by atoms with Crippen molar-refractivity contribution in [1.29, 1.82) is 0 Å². The normalized spacial score (nSPS) is 30.4. The number of amides is 5. The first kappa shape index (κ1) is 39.4. The van der Waals surface area contributed by atoms with Crippen molar-refractivity contribution in [1.82, 2.24) is 30.6 Å². The summed E-state index contributed by atoms with van der Waals surface area (Å²) in [7, 11) is -3.87. The van der Waals surface area contributed by atoms with Gasteiger partial charge in [0, 0.05) is 30.3 Å². The molecule has 5 saturated carbocycles. The maximum Gasteiger partial charge on any atom is 0.259 e. The van der Waals surface area contributed by atoms with Crippen LogP contribution in [0.1, 0.15) is 122 Å². The summed E-state index contributed by atoms with van der Waals surface area (Å²) in [5, 5.41) is 8.34. The fraction of sp³-hybridized carbons (Fsp3) is 0.707. The first-order valence-corrected chi connectivity index (χ1v) is 21.7. The van der Waals surface area contributed by atoms with Crippen molar-refractivity contribution in [2.45, 2.75) is 141 Å². The number of nitrogens with one attached hydrogen (secondary N) is 4. The number of carbonyl (C=O) groups is 5. The minimum atomic E-state index is -3.87. The molecule has 13 nitrogen and oxygen atoms in total. The van der Waals surface area contributed by atoms with E-state index in [0.717, 1.165) is 51.4 Å². The van der Waals surface area contributed by atoms with Crippen molar-refractivity contribution >= 4 is 39.6 Å². The zero-order chi connectivity index (χ0) is 39.8. The smallest absolute Gasteiger partial charge is 0.259 e. The number of nitrogens with zero attached hydrogens (tertiary/aromatic N) is 2. The molecule has 0 bridgehead atoms. The highest BCUT2D eigenvalue weighted by Crippen LogP contribution is 2.88. The fourth-order valence-corrected chi connectivity index (χ4v) is 12.1. The Morgan fingerprint density at radius 3 is 2.18 bits per heavy atom. The predicted octanol–water partition coefficient (Wildman–Crippen LogP) is 3.76. The highest BCUT2D eigenvalue weighted by molar-refractivity contribution is 7.91. The van der Waals surface area contributed by atoms with Crippen molar-refractivity contribution in [3.05, 3.63) is 42.7 Å². The summed E-state index contributed by atoms with van der Waals surface area (Å²) in [6, 6.07) is 0.415. The van der Waals surface area contributed by atoms with Crippen LogP contribution in [0, 0.1) is 33.5 Å². The molecule has 6 fully saturated rings. The van der Waals surface area contributed by atoms with E-state index in [1.54, 1.807) is 29.3 Å². The van der Waals surface area contributed by atoms with E-state index in [1.807, 2.05) is 20.8 Å². The highest BCUT2D eigenvalue weighted by atomic mass is 32.2. The van der Waals surface area contributed by atoms with Crippen LogP contribution in [0.4, 0.5) is 0 Å². The van der Waals surface area contributed by atoms with E-state index in [1.165, 1.54) is 6.20 Å². The van der Waals surface area contributed by atoms with E-state index < -0.39 is 79.8 Å². The average molecular weight is 779 g/mol. The minimum Gasteiger partial charge on any atom is -0.342 e. The number of carbonyl (C=O) groups excluding carboxylic acids is 5. The lowest BCUT2D eigenvalue weighted by atomic mass is 9.73. The molecule has 5 aliphatic carbocycles. The van der Waals surface area contributed by atoms with Gasteiger partial charge in [0.1, 0.15) is 23.7 Å². The van der Waals surface area contributed by atoms with Gasteiger partial charge in [-0.05, 0) is 85.7 Å². The van der Waals surface area contributed by atoms with Crippen LogP contribution < -0.4 is 20.7 Å². The van der Waals surface area contributed by atoms with Gasteiger partial charge in [-0.2, -0.15) is 0 Å². The summed E-state index contributed by atoms with van der Waals surface area (Å²) >= 11 is 0. The van der Waals surface area contributed by atoms with Crippen LogP contribution in [0.5, 0.6) is 0 Å². The maximum absolute atomic E-state index is 15.1. The van der Waals surface area contributed by atoms with Crippen LogP contribution in [0.15, 0.2) is 37.2 Å². The van der Waals surface area contributed by atoms with Gasteiger partial charge in [0.2, 0.25) is 27.7 Å². The molecule has 6 atom stereocenters. The lowest BCUT2D eigenvalue weighted by Gasteiger charge is -2.38. The van der Waals surface area contributed by atoms with Gasteiger partial charge in [0.25, 0.3) is 11.8 Å². The van der Waals surface area contributed by atoms with E-state index in [-0.39, 0.29) is 28.6 Å². The molecular formula is C41H58N6O7S. The third-order valence-corrected chi connectivity index (χ3v) is 16.5. The fourth-order valence-electron chi connectivity index (χ4n) is 10.7. The minimum absolute atomic E-state index is 0.0205. The van der Waals surface area contributed by atoms with Crippen LogP contribution in [-0.2, 0) is 29.2 Å². The number of hydrogen-bond donors (Lipinski definition) is 4. The predicted molar refractivity (Wildman–Crippen MR) is 205 cm³/mol. The Kier molecular flexibility index (Phi) is 9.81. The van der Waals surface area contributed by atoms with E-state index >= 15 is 4.79 Å². The van der Waals surface area contributed by atoms with Gasteiger partial charge in [-0.25, -0.2) is 8.42 Å².